The fourth-order valence-electron chi connectivity index (χ4n) is 1.05. The molecule has 15 heavy (non-hydrogen) atoms. The molecule has 0 bridgehead atoms. The van der Waals surface area contributed by atoms with Crippen molar-refractivity contribution in [3.63, 3.8) is 0 Å². The topological polar surface area (TPSA) is 110 Å². The number of benzene rings is 1. The van der Waals surface area contributed by atoms with Crippen LogP contribution in [0.15, 0.2) is 12.1 Å². The monoisotopic (exact) mass is 213 g/mol. The number of nitro groups is 1. The molecule has 7 nitrogen and oxygen atoms in total. The molecule has 1 aromatic carbocycles. The molecule has 0 spiro atoms. The molecule has 0 fully saturated rings. The third-order valence-electron chi connectivity index (χ3n) is 1.74. The summed E-state index contributed by atoms with van der Waals surface area (Å²) in [6.45, 7) is 1.12. The highest BCUT2D eigenvalue weighted by Gasteiger charge is 2.22. The lowest BCUT2D eigenvalue weighted by Gasteiger charge is -2.03. The van der Waals surface area contributed by atoms with E-state index >= 15 is 0 Å². The Morgan fingerprint density at radius 1 is 1.53 bits per heavy atom. The summed E-state index contributed by atoms with van der Waals surface area (Å²) in [4.78, 5) is 24.3. The normalized spacial score (nSPS) is 9.73. The minimum Gasteiger partial charge on any atom is -0.502 e. The summed E-state index contributed by atoms with van der Waals surface area (Å²) in [5.74, 6) is -1.60. The van der Waals surface area contributed by atoms with Crippen LogP contribution in [-0.2, 0) is 0 Å². The molecule has 1 aromatic rings. The van der Waals surface area contributed by atoms with Gasteiger partial charge >= 0.3 is 5.69 Å². The quantitative estimate of drug-likeness (QED) is 0.339. The summed E-state index contributed by atoms with van der Waals surface area (Å²) in [7, 11) is 0. The highest BCUT2D eigenvalue weighted by Crippen LogP contribution is 2.34. The van der Waals surface area contributed by atoms with E-state index in [1.807, 2.05) is 0 Å². The number of aromatic hydroxyl groups is 1. The smallest absolute Gasteiger partial charge is 0.315 e. The van der Waals surface area contributed by atoms with Gasteiger partial charge in [0.15, 0.2) is 11.5 Å². The lowest BCUT2D eigenvalue weighted by atomic mass is 10.1. The molecular formula is C8H7NO6. The number of carbonyl (C=O) groups is 1. The first-order valence-corrected chi connectivity index (χ1v) is 3.81. The molecule has 0 aliphatic heterocycles. The number of carbonyl (C=O) groups excluding carboxylic acids is 1. The standard InChI is InChI=1S/C8H7NO6/c1-4(10)6-2-5(15-14)3-7(8(6)11)9(12)13/h2-3,11,14H,1H3. The van der Waals surface area contributed by atoms with E-state index in [0.29, 0.717) is 0 Å². The second kappa shape index (κ2) is 3.93. The average Bonchev–Trinajstić information content (AvgIpc) is 2.17. The second-order valence-corrected chi connectivity index (χ2v) is 2.74. The van der Waals surface area contributed by atoms with E-state index in [1.165, 1.54) is 0 Å². The number of ketones is 1. The second-order valence-electron chi connectivity index (χ2n) is 2.74. The summed E-state index contributed by atoms with van der Waals surface area (Å²) in [6, 6.07) is 1.81. The van der Waals surface area contributed by atoms with Crippen molar-refractivity contribution in [1.82, 2.24) is 0 Å². The van der Waals surface area contributed by atoms with E-state index in [0.717, 1.165) is 19.1 Å². The molecule has 2 N–H and O–H groups in total. The molecule has 0 unspecified atom stereocenters. The van der Waals surface area contributed by atoms with Crippen molar-refractivity contribution >= 4 is 11.5 Å². The van der Waals surface area contributed by atoms with Gasteiger partial charge in [0.1, 0.15) is 0 Å². The number of phenols is 1. The minimum atomic E-state index is -0.885. The van der Waals surface area contributed by atoms with Crippen LogP contribution in [-0.4, -0.2) is 21.1 Å². The van der Waals surface area contributed by atoms with Gasteiger partial charge in [0.05, 0.1) is 16.6 Å². The summed E-state index contributed by atoms with van der Waals surface area (Å²) in [6.07, 6.45) is 0. The predicted octanol–water partition coefficient (Wildman–Crippen LogP) is 1.35. The number of phenolic OH excluding ortho intramolecular Hbond substituents is 1. The SMILES string of the molecule is CC(=O)c1cc(OO)cc([N+](=O)[O-])c1O. The number of Topliss-reactive ketones (excluding diaryl/α,β-unsaturated/α-hetero) is 1. The van der Waals surface area contributed by atoms with Gasteiger partial charge in [-0.25, -0.2) is 5.26 Å². The maximum absolute atomic E-state index is 11.0. The van der Waals surface area contributed by atoms with Gasteiger partial charge in [-0.1, -0.05) is 0 Å². The highest BCUT2D eigenvalue weighted by molar-refractivity contribution is 5.98. The van der Waals surface area contributed by atoms with Crippen molar-refractivity contribution in [3.8, 4) is 11.5 Å². The Bertz CT molecular complexity index is 392. The van der Waals surface area contributed by atoms with Crippen molar-refractivity contribution < 1.29 is 25.0 Å². The molecule has 0 aliphatic carbocycles. The first kappa shape index (κ1) is 10.9. The molecule has 0 aliphatic rings. The minimum absolute atomic E-state index is 0.284. The highest BCUT2D eigenvalue weighted by atomic mass is 17.1. The number of nitrogens with zero attached hydrogens (tertiary/aromatic N) is 1. The van der Waals surface area contributed by atoms with Crippen LogP contribution in [0.25, 0.3) is 0 Å². The first-order chi connectivity index (χ1) is 6.97. The van der Waals surface area contributed by atoms with Crippen molar-refractivity contribution in [1.29, 1.82) is 0 Å². The third kappa shape index (κ3) is 2.02. The van der Waals surface area contributed by atoms with Crippen LogP contribution in [0.2, 0.25) is 0 Å². The van der Waals surface area contributed by atoms with E-state index in [4.69, 9.17) is 5.26 Å². The number of nitro benzene ring substituents is 1. The molecular weight excluding hydrogens is 206 g/mol. The zero-order valence-electron chi connectivity index (χ0n) is 7.63. The fourth-order valence-corrected chi connectivity index (χ4v) is 1.05. The van der Waals surface area contributed by atoms with Crippen LogP contribution < -0.4 is 4.89 Å². The Kier molecular flexibility index (Phi) is 2.86. The van der Waals surface area contributed by atoms with Gasteiger partial charge in [0.25, 0.3) is 0 Å². The molecule has 0 saturated heterocycles. The number of hydrogen-bond donors (Lipinski definition) is 2. The van der Waals surface area contributed by atoms with Crippen molar-refractivity contribution in [2.75, 3.05) is 0 Å². The van der Waals surface area contributed by atoms with Gasteiger partial charge < -0.3 is 9.99 Å². The van der Waals surface area contributed by atoms with Gasteiger partial charge in [-0.15, -0.1) is 0 Å². The van der Waals surface area contributed by atoms with E-state index in [9.17, 15) is 20.0 Å². The van der Waals surface area contributed by atoms with E-state index in [2.05, 4.69) is 4.89 Å². The zero-order chi connectivity index (χ0) is 11.6. The molecule has 0 amide bonds. The Hall–Kier alpha value is -2.15. The molecule has 0 aromatic heterocycles. The Morgan fingerprint density at radius 2 is 2.13 bits per heavy atom. The summed E-state index contributed by atoms with van der Waals surface area (Å²) in [5, 5.41) is 28.1. The molecule has 7 heteroatoms. The zero-order valence-corrected chi connectivity index (χ0v) is 7.63. The largest absolute Gasteiger partial charge is 0.502 e. The van der Waals surface area contributed by atoms with E-state index in [-0.39, 0.29) is 11.3 Å². The van der Waals surface area contributed by atoms with Gasteiger partial charge in [0.2, 0.25) is 5.75 Å². The maximum Gasteiger partial charge on any atom is 0.315 e. The van der Waals surface area contributed by atoms with Gasteiger partial charge in [-0.3, -0.25) is 14.9 Å². The fraction of sp³-hybridized carbons (Fsp3) is 0.125. The predicted molar refractivity (Wildman–Crippen MR) is 48.0 cm³/mol. The number of hydrogen-bond acceptors (Lipinski definition) is 6. The molecule has 0 heterocycles. The molecule has 1 rings (SSSR count). The van der Waals surface area contributed by atoms with Crippen LogP contribution in [0.1, 0.15) is 17.3 Å². The Morgan fingerprint density at radius 3 is 2.53 bits per heavy atom. The van der Waals surface area contributed by atoms with E-state index in [1.54, 1.807) is 0 Å². The van der Waals surface area contributed by atoms with Crippen LogP contribution in [0.5, 0.6) is 11.5 Å². The lowest BCUT2D eigenvalue weighted by Crippen LogP contribution is -1.98. The molecule has 0 radical (unpaired) electrons. The number of rotatable bonds is 3. The van der Waals surface area contributed by atoms with Crippen LogP contribution in [0, 0.1) is 10.1 Å². The summed E-state index contributed by atoms with van der Waals surface area (Å²) in [5.41, 5.74) is -0.986. The third-order valence-corrected chi connectivity index (χ3v) is 1.74. The summed E-state index contributed by atoms with van der Waals surface area (Å²) >= 11 is 0. The van der Waals surface area contributed by atoms with Crippen LogP contribution in [0.3, 0.4) is 0 Å². The first-order valence-electron chi connectivity index (χ1n) is 3.81. The Balaban J connectivity index is 3.47. The molecule has 0 saturated carbocycles. The maximum atomic E-state index is 11.0. The van der Waals surface area contributed by atoms with Crippen molar-refractivity contribution in [2.24, 2.45) is 0 Å². The molecule has 0 atom stereocenters. The van der Waals surface area contributed by atoms with Gasteiger partial charge in [0, 0.05) is 0 Å². The van der Waals surface area contributed by atoms with Crippen LogP contribution >= 0.6 is 0 Å². The lowest BCUT2D eigenvalue weighted by molar-refractivity contribution is -0.386. The Labute approximate surface area is 83.6 Å². The van der Waals surface area contributed by atoms with Crippen LogP contribution in [0.4, 0.5) is 5.69 Å². The van der Waals surface area contributed by atoms with Gasteiger partial charge in [-0.2, -0.15) is 0 Å². The molecule has 80 valence electrons. The van der Waals surface area contributed by atoms with Crippen molar-refractivity contribution in [2.45, 2.75) is 6.92 Å². The average molecular weight is 213 g/mol. The summed E-state index contributed by atoms with van der Waals surface area (Å²) < 4.78 is 0. The van der Waals surface area contributed by atoms with Crippen molar-refractivity contribution in [3.05, 3.63) is 27.8 Å². The van der Waals surface area contributed by atoms with Gasteiger partial charge in [-0.05, 0) is 13.0 Å². The van der Waals surface area contributed by atoms with E-state index < -0.39 is 22.1 Å².